The number of sulfonamides is 1. The van der Waals surface area contributed by atoms with Crippen LogP contribution in [0.5, 0.6) is 0 Å². The lowest BCUT2D eigenvalue weighted by molar-refractivity contribution is 0.302. The Morgan fingerprint density at radius 3 is 2.17 bits per heavy atom. The Bertz CT molecular complexity index is 725. The van der Waals surface area contributed by atoms with E-state index in [4.69, 9.17) is 5.11 Å². The van der Waals surface area contributed by atoms with Gasteiger partial charge in [-0.05, 0) is 50.2 Å². The molecule has 2 rings (SSSR count). The van der Waals surface area contributed by atoms with Crippen molar-refractivity contribution in [2.45, 2.75) is 18.7 Å². The highest BCUT2D eigenvalue weighted by Gasteiger charge is 2.14. The van der Waals surface area contributed by atoms with Gasteiger partial charge < -0.3 is 10.0 Å². The third kappa shape index (κ3) is 4.46. The highest BCUT2D eigenvalue weighted by atomic mass is 32.2. The standard InChI is InChI=1S/C17H22N2O3S/c1-3-19(12-13-20)16-8-6-15(7-9-16)18-23(21,22)17-10-4-14(2)5-11-17/h4-11,18,20H,3,12-13H2,1-2H3. The smallest absolute Gasteiger partial charge is 0.261 e. The fraction of sp³-hybridized carbons (Fsp3) is 0.294. The summed E-state index contributed by atoms with van der Waals surface area (Å²) in [5, 5.41) is 9.05. The molecule has 0 unspecified atom stereocenters. The van der Waals surface area contributed by atoms with Gasteiger partial charge in [-0.2, -0.15) is 0 Å². The second-order valence-electron chi connectivity index (χ2n) is 5.27. The molecule has 2 aromatic rings. The van der Waals surface area contributed by atoms with Crippen LogP contribution >= 0.6 is 0 Å². The molecule has 0 aliphatic rings. The number of nitrogens with one attached hydrogen (secondary N) is 1. The van der Waals surface area contributed by atoms with Crippen LogP contribution < -0.4 is 9.62 Å². The number of rotatable bonds is 7. The molecule has 0 aromatic heterocycles. The van der Waals surface area contributed by atoms with Crippen molar-refractivity contribution < 1.29 is 13.5 Å². The SMILES string of the molecule is CCN(CCO)c1ccc(NS(=O)(=O)c2ccc(C)cc2)cc1. The molecule has 0 amide bonds. The summed E-state index contributed by atoms with van der Waals surface area (Å²) in [5.41, 5.74) is 2.46. The summed E-state index contributed by atoms with van der Waals surface area (Å²) in [6, 6.07) is 13.8. The van der Waals surface area contributed by atoms with Gasteiger partial charge in [0.1, 0.15) is 0 Å². The minimum Gasteiger partial charge on any atom is -0.395 e. The number of benzene rings is 2. The second kappa shape index (κ2) is 7.48. The van der Waals surface area contributed by atoms with Gasteiger partial charge in [-0.1, -0.05) is 17.7 Å². The lowest BCUT2D eigenvalue weighted by Gasteiger charge is -2.22. The van der Waals surface area contributed by atoms with Crippen LogP contribution in [0.15, 0.2) is 53.4 Å². The van der Waals surface area contributed by atoms with Crippen molar-refractivity contribution in [2.75, 3.05) is 29.3 Å². The molecule has 0 atom stereocenters. The molecule has 5 nitrogen and oxygen atoms in total. The van der Waals surface area contributed by atoms with Gasteiger partial charge in [-0.15, -0.1) is 0 Å². The van der Waals surface area contributed by atoms with E-state index in [9.17, 15) is 8.42 Å². The monoisotopic (exact) mass is 334 g/mol. The summed E-state index contributed by atoms with van der Waals surface area (Å²) in [5.74, 6) is 0. The average Bonchev–Trinajstić information content (AvgIpc) is 2.53. The first-order chi connectivity index (χ1) is 11.0. The molecule has 0 saturated heterocycles. The summed E-state index contributed by atoms with van der Waals surface area (Å²) in [7, 11) is -3.58. The molecule has 0 heterocycles. The third-order valence-electron chi connectivity index (χ3n) is 3.57. The normalized spacial score (nSPS) is 11.3. The van der Waals surface area contributed by atoms with Gasteiger partial charge in [0.05, 0.1) is 11.5 Å². The van der Waals surface area contributed by atoms with Crippen LogP contribution in [-0.2, 0) is 10.0 Å². The number of hydrogen-bond acceptors (Lipinski definition) is 4. The summed E-state index contributed by atoms with van der Waals surface area (Å²) < 4.78 is 27.2. The number of likely N-dealkylation sites (N-methyl/N-ethyl adjacent to an activating group) is 1. The van der Waals surface area contributed by atoms with E-state index in [1.165, 1.54) is 0 Å². The molecular formula is C17H22N2O3S. The lowest BCUT2D eigenvalue weighted by atomic mass is 10.2. The van der Waals surface area contributed by atoms with Crippen LogP contribution in [0.3, 0.4) is 0 Å². The van der Waals surface area contributed by atoms with E-state index < -0.39 is 10.0 Å². The lowest BCUT2D eigenvalue weighted by Crippen LogP contribution is -2.26. The van der Waals surface area contributed by atoms with E-state index in [1.807, 2.05) is 30.9 Å². The minimum atomic E-state index is -3.58. The number of anilines is 2. The zero-order chi connectivity index (χ0) is 16.9. The maximum Gasteiger partial charge on any atom is 0.261 e. The molecule has 2 N–H and O–H groups in total. The first kappa shape index (κ1) is 17.3. The zero-order valence-corrected chi connectivity index (χ0v) is 14.2. The van der Waals surface area contributed by atoms with Crippen LogP contribution in [0.2, 0.25) is 0 Å². The maximum atomic E-state index is 12.3. The Hall–Kier alpha value is -2.05. The predicted octanol–water partition coefficient (Wildman–Crippen LogP) is 2.61. The van der Waals surface area contributed by atoms with E-state index in [-0.39, 0.29) is 11.5 Å². The summed E-state index contributed by atoms with van der Waals surface area (Å²) in [6.07, 6.45) is 0. The van der Waals surface area contributed by atoms with Crippen LogP contribution in [0.25, 0.3) is 0 Å². The molecule has 23 heavy (non-hydrogen) atoms. The first-order valence-corrected chi connectivity index (χ1v) is 9.00. The summed E-state index contributed by atoms with van der Waals surface area (Å²) >= 11 is 0. The van der Waals surface area contributed by atoms with Gasteiger partial charge in [-0.25, -0.2) is 8.42 Å². The summed E-state index contributed by atoms with van der Waals surface area (Å²) in [6.45, 7) is 5.31. The van der Waals surface area contributed by atoms with Crippen LogP contribution in [0.1, 0.15) is 12.5 Å². The summed E-state index contributed by atoms with van der Waals surface area (Å²) in [4.78, 5) is 2.25. The Kier molecular flexibility index (Phi) is 5.63. The molecule has 6 heteroatoms. The molecule has 124 valence electrons. The quantitative estimate of drug-likeness (QED) is 0.817. The van der Waals surface area contributed by atoms with Crippen LogP contribution in [0.4, 0.5) is 11.4 Å². The highest BCUT2D eigenvalue weighted by Crippen LogP contribution is 2.20. The maximum absolute atomic E-state index is 12.3. The number of nitrogens with zero attached hydrogens (tertiary/aromatic N) is 1. The van der Waals surface area contributed by atoms with E-state index in [0.717, 1.165) is 17.8 Å². The molecule has 0 bridgehead atoms. The van der Waals surface area contributed by atoms with Crippen LogP contribution in [0, 0.1) is 6.92 Å². The minimum absolute atomic E-state index is 0.0790. The Morgan fingerprint density at radius 2 is 1.65 bits per heavy atom. The number of aryl methyl sites for hydroxylation is 1. The van der Waals surface area contributed by atoms with Crippen molar-refractivity contribution in [1.82, 2.24) is 0 Å². The Labute approximate surface area is 137 Å². The van der Waals surface area contributed by atoms with Gasteiger partial charge in [0, 0.05) is 24.5 Å². The fourth-order valence-electron chi connectivity index (χ4n) is 2.26. The topological polar surface area (TPSA) is 69.6 Å². The molecule has 0 saturated carbocycles. The zero-order valence-electron chi connectivity index (χ0n) is 13.4. The number of aliphatic hydroxyl groups is 1. The van der Waals surface area contributed by atoms with E-state index in [1.54, 1.807) is 36.4 Å². The van der Waals surface area contributed by atoms with Crippen molar-refractivity contribution >= 4 is 21.4 Å². The molecule has 0 fully saturated rings. The largest absolute Gasteiger partial charge is 0.395 e. The predicted molar refractivity (Wildman–Crippen MR) is 93.4 cm³/mol. The fourth-order valence-corrected chi connectivity index (χ4v) is 3.32. The van der Waals surface area contributed by atoms with Crippen molar-refractivity contribution in [3.05, 3.63) is 54.1 Å². The van der Waals surface area contributed by atoms with Crippen molar-refractivity contribution in [3.8, 4) is 0 Å². The van der Waals surface area contributed by atoms with E-state index >= 15 is 0 Å². The van der Waals surface area contributed by atoms with Gasteiger partial charge in [0.25, 0.3) is 10.0 Å². The van der Waals surface area contributed by atoms with Crippen molar-refractivity contribution in [1.29, 1.82) is 0 Å². The highest BCUT2D eigenvalue weighted by molar-refractivity contribution is 7.92. The molecule has 2 aromatic carbocycles. The van der Waals surface area contributed by atoms with Crippen molar-refractivity contribution in [3.63, 3.8) is 0 Å². The number of hydrogen-bond donors (Lipinski definition) is 2. The molecule has 0 aliphatic carbocycles. The molecular weight excluding hydrogens is 312 g/mol. The average molecular weight is 334 g/mol. The Balaban J connectivity index is 2.15. The third-order valence-corrected chi connectivity index (χ3v) is 4.96. The van der Waals surface area contributed by atoms with Crippen molar-refractivity contribution in [2.24, 2.45) is 0 Å². The molecule has 0 spiro atoms. The van der Waals surface area contributed by atoms with Gasteiger partial charge in [0.15, 0.2) is 0 Å². The van der Waals surface area contributed by atoms with Gasteiger partial charge >= 0.3 is 0 Å². The number of aliphatic hydroxyl groups excluding tert-OH is 1. The van der Waals surface area contributed by atoms with E-state index in [0.29, 0.717) is 12.2 Å². The van der Waals surface area contributed by atoms with Gasteiger partial charge in [-0.3, -0.25) is 4.72 Å². The molecule has 0 radical (unpaired) electrons. The van der Waals surface area contributed by atoms with E-state index in [2.05, 4.69) is 4.72 Å². The van der Waals surface area contributed by atoms with Gasteiger partial charge in [0.2, 0.25) is 0 Å². The molecule has 0 aliphatic heterocycles. The Morgan fingerprint density at radius 1 is 1.04 bits per heavy atom. The second-order valence-corrected chi connectivity index (χ2v) is 6.95. The first-order valence-electron chi connectivity index (χ1n) is 7.51. The van der Waals surface area contributed by atoms with Crippen LogP contribution in [-0.4, -0.2) is 33.2 Å².